The van der Waals surface area contributed by atoms with Crippen LogP contribution in [0.15, 0.2) is 69.6 Å². The van der Waals surface area contributed by atoms with Crippen molar-refractivity contribution in [1.82, 2.24) is 4.57 Å². The van der Waals surface area contributed by atoms with E-state index in [1.807, 2.05) is 24.3 Å². The van der Waals surface area contributed by atoms with E-state index in [1.54, 1.807) is 36.1 Å². The fraction of sp³-hybridized carbons (Fsp3) is 0.259. The summed E-state index contributed by atoms with van der Waals surface area (Å²) >= 11 is 7.70. The summed E-state index contributed by atoms with van der Waals surface area (Å²) in [5.41, 5.74) is 2.74. The number of esters is 1. The molecule has 3 aromatic rings. The van der Waals surface area contributed by atoms with Gasteiger partial charge in [-0.2, -0.15) is 0 Å². The van der Waals surface area contributed by atoms with Crippen LogP contribution in [0.3, 0.4) is 0 Å². The second kappa shape index (κ2) is 9.52. The number of thiazole rings is 1. The molecule has 1 unspecified atom stereocenters. The molecule has 0 bridgehead atoms. The first kappa shape index (κ1) is 24.2. The Balaban J connectivity index is 1.82. The monoisotopic (exact) mass is 521 g/mol. The third-order valence-corrected chi connectivity index (χ3v) is 7.89. The number of nitrogens with zero attached hydrogens (tertiary/aromatic N) is 3. The Bertz CT molecular complexity index is 1620. The highest BCUT2D eigenvalue weighted by Gasteiger charge is 2.37. The molecule has 0 saturated heterocycles. The third kappa shape index (κ3) is 3.72. The van der Waals surface area contributed by atoms with E-state index < -0.39 is 17.6 Å². The van der Waals surface area contributed by atoms with Crippen molar-refractivity contribution in [2.24, 2.45) is 4.99 Å². The molecule has 0 radical (unpaired) electrons. The zero-order valence-corrected chi connectivity index (χ0v) is 21.7. The van der Waals surface area contributed by atoms with Gasteiger partial charge in [0.1, 0.15) is 10.6 Å². The predicted octanol–water partition coefficient (Wildman–Crippen LogP) is 3.58. The Morgan fingerprint density at radius 3 is 2.58 bits per heavy atom. The van der Waals surface area contributed by atoms with E-state index in [0.29, 0.717) is 37.7 Å². The molecular formula is C27H24ClN3O4S. The van der Waals surface area contributed by atoms with Gasteiger partial charge in [0, 0.05) is 17.1 Å². The van der Waals surface area contributed by atoms with Gasteiger partial charge in [-0.1, -0.05) is 72.7 Å². The fourth-order valence-electron chi connectivity index (χ4n) is 4.77. The number of para-hydroxylation sites is 1. The number of halogens is 1. The van der Waals surface area contributed by atoms with Crippen LogP contribution in [0, 0.1) is 0 Å². The molecular weight excluding hydrogens is 498 g/mol. The Morgan fingerprint density at radius 2 is 1.86 bits per heavy atom. The standard InChI is InChI=1S/C27H24ClN3O4S/c1-4-5-14-30-19-13-9-7-11-17(19)21(24(30)32)23-25(33)31-22(16-10-6-8-12-18(16)28)20(26(34)35-3)15(2)29-27(31)36-23/h6-13,22H,4-5,14H2,1-3H3. The zero-order valence-electron chi connectivity index (χ0n) is 20.1. The molecule has 9 heteroatoms. The van der Waals surface area contributed by atoms with Crippen LogP contribution in [0.5, 0.6) is 0 Å². The molecule has 1 aromatic heterocycles. The second-order valence-corrected chi connectivity index (χ2v) is 10.0. The van der Waals surface area contributed by atoms with Crippen LogP contribution >= 0.6 is 22.9 Å². The van der Waals surface area contributed by atoms with Crippen molar-refractivity contribution in [3.05, 3.63) is 95.6 Å². The normalized spacial score (nSPS) is 18.2. The summed E-state index contributed by atoms with van der Waals surface area (Å²) in [4.78, 5) is 47.2. The Labute approximate surface area is 216 Å². The van der Waals surface area contributed by atoms with Crippen molar-refractivity contribution in [3.63, 3.8) is 0 Å². The minimum absolute atomic E-state index is 0.201. The highest BCUT2D eigenvalue weighted by molar-refractivity contribution is 7.07. The van der Waals surface area contributed by atoms with Gasteiger partial charge in [0.15, 0.2) is 4.80 Å². The van der Waals surface area contributed by atoms with E-state index in [9.17, 15) is 14.4 Å². The van der Waals surface area contributed by atoms with Crippen LogP contribution in [0.4, 0.5) is 5.69 Å². The molecule has 0 N–H and O–H groups in total. The Hall–Kier alpha value is -3.49. The number of aromatic nitrogens is 1. The van der Waals surface area contributed by atoms with E-state index in [-0.39, 0.29) is 11.5 Å². The molecule has 5 rings (SSSR count). The number of allylic oxidation sites excluding steroid dienone is 1. The summed E-state index contributed by atoms with van der Waals surface area (Å²) < 4.78 is 6.80. The largest absolute Gasteiger partial charge is 0.466 e. The maximum atomic E-state index is 14.0. The maximum Gasteiger partial charge on any atom is 0.338 e. The molecule has 0 saturated carbocycles. The lowest BCUT2D eigenvalue weighted by atomic mass is 9.96. The molecule has 36 heavy (non-hydrogen) atoms. The predicted molar refractivity (Wildman–Crippen MR) is 140 cm³/mol. The second-order valence-electron chi connectivity index (χ2n) is 8.62. The molecule has 1 atom stereocenters. The summed E-state index contributed by atoms with van der Waals surface area (Å²) in [7, 11) is 1.29. The molecule has 1 amide bonds. The van der Waals surface area contributed by atoms with Crippen LogP contribution in [-0.2, 0) is 14.3 Å². The van der Waals surface area contributed by atoms with Gasteiger partial charge in [-0.3, -0.25) is 14.2 Å². The average molecular weight is 522 g/mol. The lowest BCUT2D eigenvalue weighted by molar-refractivity contribution is -0.136. The van der Waals surface area contributed by atoms with Crippen LogP contribution in [-0.4, -0.2) is 30.1 Å². The molecule has 0 aliphatic carbocycles. The summed E-state index contributed by atoms with van der Waals surface area (Å²) in [5, 5.41) is 0.407. The van der Waals surface area contributed by atoms with E-state index in [0.717, 1.165) is 35.4 Å². The van der Waals surface area contributed by atoms with Gasteiger partial charge in [0.05, 0.1) is 29.6 Å². The van der Waals surface area contributed by atoms with Crippen molar-refractivity contribution >= 4 is 46.1 Å². The number of anilines is 1. The van der Waals surface area contributed by atoms with Gasteiger partial charge >= 0.3 is 5.97 Å². The summed E-state index contributed by atoms with van der Waals surface area (Å²) in [6.45, 7) is 4.35. The zero-order chi connectivity index (χ0) is 25.6. The van der Waals surface area contributed by atoms with Gasteiger partial charge in [0.25, 0.3) is 11.5 Å². The SMILES string of the molecule is CCCCN1C(=O)C(=c2sc3n(c2=O)C(c2ccccc2Cl)C(C(=O)OC)=C(C)N=3)c2ccccc21. The van der Waals surface area contributed by atoms with Crippen LogP contribution < -0.4 is 19.8 Å². The number of carbonyl (C=O) groups is 2. The number of hydrogen-bond acceptors (Lipinski definition) is 6. The van der Waals surface area contributed by atoms with E-state index in [1.165, 1.54) is 11.7 Å². The number of rotatable bonds is 5. The maximum absolute atomic E-state index is 14.0. The van der Waals surface area contributed by atoms with Gasteiger partial charge < -0.3 is 9.64 Å². The van der Waals surface area contributed by atoms with E-state index in [2.05, 4.69) is 11.9 Å². The highest BCUT2D eigenvalue weighted by atomic mass is 35.5. The van der Waals surface area contributed by atoms with Gasteiger partial charge in [-0.25, -0.2) is 9.79 Å². The average Bonchev–Trinajstić information content (AvgIpc) is 3.34. The molecule has 2 aliphatic rings. The van der Waals surface area contributed by atoms with Crippen LogP contribution in [0.25, 0.3) is 5.57 Å². The van der Waals surface area contributed by atoms with Gasteiger partial charge in [0.2, 0.25) is 0 Å². The number of methoxy groups -OCH3 is 1. The lowest BCUT2D eigenvalue weighted by Crippen LogP contribution is -2.41. The molecule has 2 aliphatic heterocycles. The summed E-state index contributed by atoms with van der Waals surface area (Å²) in [6.07, 6.45) is 1.79. The topological polar surface area (TPSA) is 81.0 Å². The lowest BCUT2D eigenvalue weighted by Gasteiger charge is -2.25. The molecule has 7 nitrogen and oxygen atoms in total. The van der Waals surface area contributed by atoms with Crippen molar-refractivity contribution in [2.45, 2.75) is 32.7 Å². The fourth-order valence-corrected chi connectivity index (χ4v) is 6.15. The van der Waals surface area contributed by atoms with E-state index >= 15 is 0 Å². The Kier molecular flexibility index (Phi) is 6.40. The quantitative estimate of drug-likeness (QED) is 0.481. The van der Waals surface area contributed by atoms with Crippen molar-refractivity contribution in [3.8, 4) is 0 Å². The number of hydrogen-bond donors (Lipinski definition) is 0. The third-order valence-electron chi connectivity index (χ3n) is 6.49. The first-order valence-corrected chi connectivity index (χ1v) is 12.9. The Morgan fingerprint density at radius 1 is 1.14 bits per heavy atom. The first-order chi connectivity index (χ1) is 17.4. The smallest absolute Gasteiger partial charge is 0.338 e. The number of ether oxygens (including phenoxy) is 1. The number of carbonyl (C=O) groups excluding carboxylic acids is 2. The van der Waals surface area contributed by atoms with Crippen LogP contribution in [0.1, 0.15) is 43.9 Å². The highest BCUT2D eigenvalue weighted by Crippen LogP contribution is 2.36. The summed E-state index contributed by atoms with van der Waals surface area (Å²) in [6, 6.07) is 13.7. The molecule has 0 spiro atoms. The molecule has 2 aromatic carbocycles. The van der Waals surface area contributed by atoms with Crippen LogP contribution in [0.2, 0.25) is 5.02 Å². The number of fused-ring (bicyclic) bond motifs is 2. The van der Waals surface area contributed by atoms with Gasteiger partial charge in [-0.05, 0) is 31.0 Å². The molecule has 184 valence electrons. The summed E-state index contributed by atoms with van der Waals surface area (Å²) in [5.74, 6) is -0.791. The van der Waals surface area contributed by atoms with Crippen molar-refractivity contribution < 1.29 is 14.3 Å². The molecule has 3 heterocycles. The van der Waals surface area contributed by atoms with Crippen molar-refractivity contribution in [2.75, 3.05) is 18.6 Å². The minimum Gasteiger partial charge on any atom is -0.466 e. The number of unbranched alkanes of at least 4 members (excludes halogenated alkanes) is 1. The van der Waals surface area contributed by atoms with Crippen molar-refractivity contribution in [1.29, 1.82) is 0 Å². The number of benzene rings is 2. The molecule has 0 fully saturated rings. The number of amides is 1. The minimum atomic E-state index is -0.834. The van der Waals surface area contributed by atoms with E-state index in [4.69, 9.17) is 16.3 Å². The first-order valence-electron chi connectivity index (χ1n) is 11.7. The van der Waals surface area contributed by atoms with Gasteiger partial charge in [-0.15, -0.1) is 0 Å².